The van der Waals surface area contributed by atoms with Crippen molar-refractivity contribution in [2.75, 3.05) is 5.32 Å². The van der Waals surface area contributed by atoms with Crippen molar-refractivity contribution in [3.63, 3.8) is 0 Å². The number of carbonyl (C=O) groups excluding carboxylic acids is 1. The molecule has 0 aliphatic rings. The number of rotatable bonds is 3. The van der Waals surface area contributed by atoms with E-state index in [2.05, 4.69) is 5.32 Å². The number of ketones is 1. The molecule has 0 radical (unpaired) electrons. The first kappa shape index (κ1) is 13.3. The highest BCUT2D eigenvalue weighted by molar-refractivity contribution is 7.80. The largest absolute Gasteiger partial charge is 0.453 e. The number of anilines is 1. The average molecular weight is 296 g/mol. The Morgan fingerprint density at radius 2 is 1.81 bits per heavy atom. The molecule has 21 heavy (non-hydrogen) atoms. The molecule has 0 amide bonds. The quantitative estimate of drug-likeness (QED) is 0.573. The Morgan fingerprint density at radius 3 is 2.48 bits per heavy atom. The Kier molecular flexibility index (Phi) is 3.41. The summed E-state index contributed by atoms with van der Waals surface area (Å²) in [5.74, 6) is 0.166. The Balaban J connectivity index is 1.89. The zero-order valence-corrected chi connectivity index (χ0v) is 11.8. The van der Waals surface area contributed by atoms with Gasteiger partial charge < -0.3 is 15.5 Å². The van der Waals surface area contributed by atoms with Crippen LogP contribution in [-0.2, 0) is 0 Å². The van der Waals surface area contributed by atoms with Gasteiger partial charge in [0, 0.05) is 16.6 Å². The van der Waals surface area contributed by atoms with E-state index in [-0.39, 0.29) is 10.9 Å². The number of para-hydroxylation sites is 1. The van der Waals surface area contributed by atoms with Crippen molar-refractivity contribution in [3.8, 4) is 0 Å². The molecule has 0 saturated carbocycles. The van der Waals surface area contributed by atoms with E-state index in [1.165, 1.54) is 0 Å². The van der Waals surface area contributed by atoms with Gasteiger partial charge in [0.25, 0.3) is 0 Å². The number of hydrogen-bond donors (Lipinski definition) is 2. The van der Waals surface area contributed by atoms with Crippen LogP contribution in [0.3, 0.4) is 0 Å². The molecule has 3 rings (SSSR count). The SMILES string of the molecule is NC(=S)Nc1ccc(C(=O)c2cc3ccccc3o2)cc1. The van der Waals surface area contributed by atoms with Crippen molar-refractivity contribution in [1.29, 1.82) is 0 Å². The molecule has 0 saturated heterocycles. The summed E-state index contributed by atoms with van der Waals surface area (Å²) in [5, 5.41) is 3.90. The molecule has 0 unspecified atom stereocenters. The molecule has 1 heterocycles. The van der Waals surface area contributed by atoms with Crippen molar-refractivity contribution in [1.82, 2.24) is 0 Å². The van der Waals surface area contributed by atoms with Crippen LogP contribution < -0.4 is 11.1 Å². The Labute approximate surface area is 126 Å². The fourth-order valence-electron chi connectivity index (χ4n) is 2.08. The second kappa shape index (κ2) is 5.38. The molecule has 0 aliphatic heterocycles. The van der Waals surface area contributed by atoms with Crippen LogP contribution in [0.4, 0.5) is 5.69 Å². The number of nitrogens with one attached hydrogen (secondary N) is 1. The first-order valence-corrected chi connectivity index (χ1v) is 6.74. The van der Waals surface area contributed by atoms with Gasteiger partial charge in [-0.2, -0.15) is 0 Å². The van der Waals surface area contributed by atoms with Gasteiger partial charge in [-0.15, -0.1) is 0 Å². The molecule has 0 atom stereocenters. The standard InChI is InChI=1S/C16H12N2O2S/c17-16(21)18-12-7-5-10(6-8-12)15(19)14-9-11-3-1-2-4-13(11)20-14/h1-9H,(H3,17,18,21). The Hall–Kier alpha value is -2.66. The van der Waals surface area contributed by atoms with Gasteiger partial charge in [-0.25, -0.2) is 0 Å². The number of benzene rings is 2. The van der Waals surface area contributed by atoms with Crippen molar-refractivity contribution in [3.05, 3.63) is 65.9 Å². The third kappa shape index (κ3) is 2.78. The van der Waals surface area contributed by atoms with E-state index in [9.17, 15) is 4.79 Å². The maximum atomic E-state index is 12.4. The van der Waals surface area contributed by atoms with Gasteiger partial charge in [-0.05, 0) is 48.6 Å². The van der Waals surface area contributed by atoms with Gasteiger partial charge in [-0.1, -0.05) is 18.2 Å². The van der Waals surface area contributed by atoms with E-state index in [1.54, 1.807) is 30.3 Å². The highest BCUT2D eigenvalue weighted by Gasteiger charge is 2.14. The van der Waals surface area contributed by atoms with Crippen LogP contribution in [0.5, 0.6) is 0 Å². The third-order valence-electron chi connectivity index (χ3n) is 3.06. The summed E-state index contributed by atoms with van der Waals surface area (Å²) < 4.78 is 5.57. The van der Waals surface area contributed by atoms with Crippen LogP contribution in [0.2, 0.25) is 0 Å². The van der Waals surface area contributed by atoms with Crippen LogP contribution >= 0.6 is 12.2 Å². The van der Waals surface area contributed by atoms with Crippen LogP contribution in [0.15, 0.2) is 59.0 Å². The topological polar surface area (TPSA) is 68.3 Å². The van der Waals surface area contributed by atoms with Gasteiger partial charge in [0.2, 0.25) is 5.78 Å². The maximum absolute atomic E-state index is 12.4. The normalized spacial score (nSPS) is 10.5. The smallest absolute Gasteiger partial charge is 0.228 e. The second-order valence-corrected chi connectivity index (χ2v) is 4.98. The van der Waals surface area contributed by atoms with Gasteiger partial charge in [-0.3, -0.25) is 4.79 Å². The number of thiocarbonyl (C=S) groups is 1. The summed E-state index contributed by atoms with van der Waals surface area (Å²) in [6.45, 7) is 0. The molecule has 0 bridgehead atoms. The second-order valence-electron chi connectivity index (χ2n) is 4.54. The minimum atomic E-state index is -0.159. The summed E-state index contributed by atoms with van der Waals surface area (Å²) in [6, 6.07) is 16.2. The van der Waals surface area contributed by atoms with Gasteiger partial charge in [0.05, 0.1) is 0 Å². The minimum Gasteiger partial charge on any atom is -0.453 e. The predicted octanol–water partition coefficient (Wildman–Crippen LogP) is 3.32. The monoisotopic (exact) mass is 296 g/mol. The molecule has 3 aromatic rings. The molecule has 0 aliphatic carbocycles. The predicted molar refractivity (Wildman–Crippen MR) is 86.5 cm³/mol. The zero-order chi connectivity index (χ0) is 14.8. The van der Waals surface area contributed by atoms with Crippen LogP contribution in [0.1, 0.15) is 16.1 Å². The number of furan rings is 1. The third-order valence-corrected chi connectivity index (χ3v) is 3.17. The van der Waals surface area contributed by atoms with E-state index in [0.717, 1.165) is 11.1 Å². The first-order valence-electron chi connectivity index (χ1n) is 6.33. The molecule has 2 aromatic carbocycles. The summed E-state index contributed by atoms with van der Waals surface area (Å²) in [6.07, 6.45) is 0. The van der Waals surface area contributed by atoms with Crippen molar-refractivity contribution in [2.45, 2.75) is 0 Å². The number of hydrogen-bond acceptors (Lipinski definition) is 3. The molecule has 1 aromatic heterocycles. The molecule has 0 spiro atoms. The van der Waals surface area contributed by atoms with Crippen molar-refractivity contribution in [2.24, 2.45) is 5.73 Å². The average Bonchev–Trinajstić information content (AvgIpc) is 2.90. The lowest BCUT2D eigenvalue weighted by Crippen LogP contribution is -2.18. The van der Waals surface area contributed by atoms with Gasteiger partial charge >= 0.3 is 0 Å². The van der Waals surface area contributed by atoms with E-state index < -0.39 is 0 Å². The molecule has 104 valence electrons. The van der Waals surface area contributed by atoms with Gasteiger partial charge in [0.15, 0.2) is 10.9 Å². The van der Waals surface area contributed by atoms with Crippen molar-refractivity contribution >= 4 is 39.8 Å². The molecule has 4 nitrogen and oxygen atoms in total. The number of carbonyl (C=O) groups is 1. The van der Waals surface area contributed by atoms with Crippen LogP contribution in [0, 0.1) is 0 Å². The zero-order valence-electron chi connectivity index (χ0n) is 11.0. The summed E-state index contributed by atoms with van der Waals surface area (Å²) in [7, 11) is 0. The lowest BCUT2D eigenvalue weighted by molar-refractivity contribution is 0.101. The lowest BCUT2D eigenvalue weighted by Gasteiger charge is -2.04. The van der Waals surface area contributed by atoms with Crippen molar-refractivity contribution < 1.29 is 9.21 Å². The summed E-state index contributed by atoms with van der Waals surface area (Å²) >= 11 is 4.76. The first-order chi connectivity index (χ1) is 10.1. The molecular formula is C16H12N2O2S. The Bertz CT molecular complexity index is 789. The molecule has 5 heteroatoms. The summed E-state index contributed by atoms with van der Waals surface area (Å²) in [4.78, 5) is 12.4. The highest BCUT2D eigenvalue weighted by Crippen LogP contribution is 2.21. The summed E-state index contributed by atoms with van der Waals surface area (Å²) in [5.41, 5.74) is 7.38. The minimum absolute atomic E-state index is 0.159. The maximum Gasteiger partial charge on any atom is 0.228 e. The van der Waals surface area contributed by atoms with Crippen LogP contribution in [0.25, 0.3) is 11.0 Å². The van der Waals surface area contributed by atoms with E-state index >= 15 is 0 Å². The van der Waals surface area contributed by atoms with E-state index in [4.69, 9.17) is 22.4 Å². The molecule has 3 N–H and O–H groups in total. The van der Waals surface area contributed by atoms with E-state index in [1.807, 2.05) is 24.3 Å². The van der Waals surface area contributed by atoms with E-state index in [0.29, 0.717) is 16.9 Å². The fraction of sp³-hybridized carbons (Fsp3) is 0. The van der Waals surface area contributed by atoms with Gasteiger partial charge in [0.1, 0.15) is 5.58 Å². The Morgan fingerprint density at radius 1 is 1.10 bits per heavy atom. The molecular weight excluding hydrogens is 284 g/mol. The lowest BCUT2D eigenvalue weighted by atomic mass is 10.1. The number of nitrogens with two attached hydrogens (primary N) is 1. The van der Waals surface area contributed by atoms with Crippen LogP contribution in [-0.4, -0.2) is 10.9 Å². The molecule has 0 fully saturated rings. The number of fused-ring (bicyclic) bond motifs is 1. The fourth-order valence-corrected chi connectivity index (χ4v) is 2.20. The highest BCUT2D eigenvalue weighted by atomic mass is 32.1.